The van der Waals surface area contributed by atoms with E-state index in [1.165, 1.54) is 5.56 Å². The summed E-state index contributed by atoms with van der Waals surface area (Å²) in [6, 6.07) is 31.7. The number of likely N-dealkylation sites (tertiary alicyclic amines) is 1. The van der Waals surface area contributed by atoms with Gasteiger partial charge in [0.05, 0.1) is 44.8 Å². The molecule has 0 saturated carbocycles. The van der Waals surface area contributed by atoms with Crippen molar-refractivity contribution in [2.75, 3.05) is 23.3 Å². The van der Waals surface area contributed by atoms with Crippen LogP contribution in [0, 0.1) is 0 Å². The van der Waals surface area contributed by atoms with Gasteiger partial charge in [-0.15, -0.1) is 0 Å². The summed E-state index contributed by atoms with van der Waals surface area (Å²) in [6.07, 6.45) is 2.97. The van der Waals surface area contributed by atoms with Crippen LogP contribution in [0.5, 0.6) is 0 Å². The van der Waals surface area contributed by atoms with Crippen LogP contribution in [0.3, 0.4) is 0 Å². The molecule has 8 nitrogen and oxygen atoms in total. The van der Waals surface area contributed by atoms with Crippen molar-refractivity contribution in [2.45, 2.75) is 31.8 Å². The van der Waals surface area contributed by atoms with Gasteiger partial charge in [-0.2, -0.15) is 0 Å². The van der Waals surface area contributed by atoms with Crippen molar-refractivity contribution in [2.24, 2.45) is 0 Å². The van der Waals surface area contributed by atoms with Gasteiger partial charge >= 0.3 is 0 Å². The van der Waals surface area contributed by atoms with Crippen molar-refractivity contribution in [3.63, 3.8) is 0 Å². The van der Waals surface area contributed by atoms with Gasteiger partial charge in [0.2, 0.25) is 6.35 Å². The number of hydrogen-bond donors (Lipinski definition) is 3. The molecule has 0 aliphatic carbocycles. The molecular formula is C34H31N7O. The van der Waals surface area contributed by atoms with Gasteiger partial charge in [-0.1, -0.05) is 66.7 Å². The monoisotopic (exact) mass is 553 g/mol. The molecule has 2 aliphatic heterocycles. The van der Waals surface area contributed by atoms with E-state index in [9.17, 15) is 5.11 Å². The van der Waals surface area contributed by atoms with E-state index in [1.807, 2.05) is 48.5 Å². The SMILES string of the molecule is OC1Nc2ccccc2N1C1CCN(Cc2ccc(-c3[nH]c4cc5ncnc5cc4nc3-c3ccccc3)cc2)CC1. The molecule has 1 unspecified atom stereocenters. The second kappa shape index (κ2) is 10.2. The number of nitrogens with zero attached hydrogens (tertiary/aromatic N) is 5. The van der Waals surface area contributed by atoms with E-state index < -0.39 is 6.35 Å². The van der Waals surface area contributed by atoms with Gasteiger partial charge in [-0.05, 0) is 42.7 Å². The zero-order chi connectivity index (χ0) is 28.0. The molecule has 0 spiro atoms. The largest absolute Gasteiger partial charge is 0.356 e. The predicted octanol–water partition coefficient (Wildman–Crippen LogP) is 6.01. The van der Waals surface area contributed by atoms with Crippen LogP contribution in [-0.4, -0.2) is 55.4 Å². The fourth-order valence-corrected chi connectivity index (χ4v) is 6.45. The third-order valence-corrected chi connectivity index (χ3v) is 8.59. The van der Waals surface area contributed by atoms with E-state index >= 15 is 0 Å². The highest BCUT2D eigenvalue weighted by molar-refractivity contribution is 5.94. The highest BCUT2D eigenvalue weighted by atomic mass is 16.3. The number of hydrogen-bond acceptors (Lipinski definition) is 7. The Morgan fingerprint density at radius 3 is 2.33 bits per heavy atom. The second-order valence-electron chi connectivity index (χ2n) is 11.2. The third-order valence-electron chi connectivity index (χ3n) is 8.59. The Bertz CT molecular complexity index is 1880. The van der Waals surface area contributed by atoms with Gasteiger partial charge in [0.15, 0.2) is 0 Å². The minimum Gasteiger partial charge on any atom is -0.356 e. The molecule has 4 aromatic carbocycles. The molecule has 2 aliphatic rings. The summed E-state index contributed by atoms with van der Waals surface area (Å²) in [7, 11) is 0. The number of aromatic amines is 1. The lowest BCUT2D eigenvalue weighted by molar-refractivity contribution is 0.154. The summed E-state index contributed by atoms with van der Waals surface area (Å²) in [5, 5.41) is 13.9. The molecule has 0 radical (unpaired) electrons. The van der Waals surface area contributed by atoms with Crippen molar-refractivity contribution >= 4 is 33.4 Å². The average Bonchev–Trinajstić information content (AvgIpc) is 3.63. The number of H-pyrrole nitrogens is 1. The van der Waals surface area contributed by atoms with Gasteiger partial charge in [0, 0.05) is 36.8 Å². The molecule has 0 amide bonds. The van der Waals surface area contributed by atoms with Crippen LogP contribution in [0.1, 0.15) is 18.4 Å². The minimum atomic E-state index is -0.655. The summed E-state index contributed by atoms with van der Waals surface area (Å²) in [5.41, 5.74) is 11.0. The molecule has 208 valence electrons. The quantitative estimate of drug-likeness (QED) is 0.241. The molecule has 8 rings (SSSR count). The highest BCUT2D eigenvalue weighted by Crippen LogP contribution is 2.37. The Balaban J connectivity index is 1.02. The van der Waals surface area contributed by atoms with E-state index in [0.29, 0.717) is 6.04 Å². The molecular weight excluding hydrogens is 522 g/mol. The standard InChI is InChI=1S/C34H31N7O/c42-34-39-26-8-4-5-9-31(26)41(34)25-14-16-40(17-15-25)20-22-10-12-24(13-11-22)33-32(23-6-2-1-3-7-23)37-29-18-27-28(36-21-35-27)19-30(29)38-33/h1-13,18-19,21,25,34,38-39,42H,14-17,20H2. The number of aromatic nitrogens is 4. The topological polar surface area (TPSA) is 93.2 Å². The molecule has 1 fully saturated rings. The average molecular weight is 554 g/mol. The fourth-order valence-electron chi connectivity index (χ4n) is 6.45. The first-order valence-electron chi connectivity index (χ1n) is 14.5. The van der Waals surface area contributed by atoms with Crippen LogP contribution in [0.15, 0.2) is 97.3 Å². The number of fused-ring (bicyclic) bond motifs is 3. The van der Waals surface area contributed by atoms with Crippen molar-refractivity contribution in [3.8, 4) is 22.5 Å². The maximum Gasteiger partial charge on any atom is 0.205 e. The molecule has 2 aromatic heterocycles. The van der Waals surface area contributed by atoms with Gasteiger partial charge in [0.25, 0.3) is 0 Å². The summed E-state index contributed by atoms with van der Waals surface area (Å²) in [6.45, 7) is 2.90. The minimum absolute atomic E-state index is 0.322. The number of para-hydroxylation sites is 2. The Morgan fingerprint density at radius 1 is 0.786 bits per heavy atom. The lowest BCUT2D eigenvalue weighted by atomic mass is 10.0. The highest BCUT2D eigenvalue weighted by Gasteiger charge is 2.34. The first-order valence-corrected chi connectivity index (χ1v) is 14.5. The zero-order valence-electron chi connectivity index (χ0n) is 23.1. The Labute approximate surface area is 243 Å². The number of benzene rings is 4. The molecule has 8 heteroatoms. The predicted molar refractivity (Wildman–Crippen MR) is 167 cm³/mol. The molecule has 6 aromatic rings. The van der Waals surface area contributed by atoms with E-state index in [4.69, 9.17) is 4.98 Å². The van der Waals surface area contributed by atoms with Crippen LogP contribution >= 0.6 is 0 Å². The van der Waals surface area contributed by atoms with E-state index in [0.717, 1.165) is 88.4 Å². The number of rotatable bonds is 5. The number of piperidine rings is 1. The summed E-state index contributed by atoms with van der Waals surface area (Å²) >= 11 is 0. The van der Waals surface area contributed by atoms with E-state index in [1.54, 1.807) is 6.33 Å². The van der Waals surface area contributed by atoms with Crippen molar-refractivity contribution < 1.29 is 5.11 Å². The number of aliphatic hydroxyl groups is 1. The van der Waals surface area contributed by atoms with Crippen LogP contribution in [0.25, 0.3) is 44.6 Å². The van der Waals surface area contributed by atoms with Crippen molar-refractivity contribution in [1.29, 1.82) is 0 Å². The lowest BCUT2D eigenvalue weighted by Gasteiger charge is -2.39. The van der Waals surface area contributed by atoms with Gasteiger partial charge in [-0.3, -0.25) is 4.90 Å². The Morgan fingerprint density at radius 2 is 1.52 bits per heavy atom. The van der Waals surface area contributed by atoms with Crippen LogP contribution < -0.4 is 10.2 Å². The molecule has 0 bridgehead atoms. The summed E-state index contributed by atoms with van der Waals surface area (Å²) in [4.78, 5) is 22.2. The maximum atomic E-state index is 10.7. The first kappa shape index (κ1) is 25.0. The lowest BCUT2D eigenvalue weighted by Crippen LogP contribution is -2.49. The van der Waals surface area contributed by atoms with Crippen LogP contribution in [-0.2, 0) is 6.54 Å². The molecule has 42 heavy (non-hydrogen) atoms. The van der Waals surface area contributed by atoms with Crippen LogP contribution in [0.2, 0.25) is 0 Å². The van der Waals surface area contributed by atoms with E-state index in [2.05, 4.69) is 72.5 Å². The number of nitrogens with one attached hydrogen (secondary N) is 2. The molecule has 4 heterocycles. The number of imidazole rings is 1. The third kappa shape index (κ3) is 4.45. The normalized spacial score (nSPS) is 17.5. The molecule has 1 saturated heterocycles. The summed E-state index contributed by atoms with van der Waals surface area (Å²) in [5.74, 6) is 0. The van der Waals surface area contributed by atoms with Crippen molar-refractivity contribution in [1.82, 2.24) is 24.8 Å². The fraction of sp³-hybridized carbons (Fsp3) is 0.206. The zero-order valence-corrected chi connectivity index (χ0v) is 23.1. The van der Waals surface area contributed by atoms with Gasteiger partial charge < -0.3 is 20.3 Å². The Kier molecular flexibility index (Phi) is 6.09. The van der Waals surface area contributed by atoms with Crippen molar-refractivity contribution in [3.05, 3.63) is 103 Å². The van der Waals surface area contributed by atoms with Gasteiger partial charge in [0.1, 0.15) is 6.33 Å². The van der Waals surface area contributed by atoms with E-state index in [-0.39, 0.29) is 0 Å². The molecule has 1 atom stereocenters. The smallest absolute Gasteiger partial charge is 0.205 e. The second-order valence-corrected chi connectivity index (χ2v) is 11.2. The number of anilines is 2. The summed E-state index contributed by atoms with van der Waals surface area (Å²) < 4.78 is 0. The molecule has 3 N–H and O–H groups in total. The van der Waals surface area contributed by atoms with Gasteiger partial charge in [-0.25, -0.2) is 15.0 Å². The maximum absolute atomic E-state index is 10.7. The Hall–Kier alpha value is -4.79. The van der Waals surface area contributed by atoms with Crippen LogP contribution in [0.4, 0.5) is 11.4 Å². The number of aliphatic hydroxyl groups excluding tert-OH is 1. The first-order chi connectivity index (χ1) is 20.7.